The van der Waals surface area contributed by atoms with Crippen LogP contribution in [0.4, 0.5) is 5.69 Å². The first-order valence-corrected chi connectivity index (χ1v) is 6.72. The Morgan fingerprint density at radius 3 is 2.55 bits per heavy atom. The highest BCUT2D eigenvalue weighted by Crippen LogP contribution is 2.36. The van der Waals surface area contributed by atoms with Crippen LogP contribution in [-0.2, 0) is 4.79 Å². The van der Waals surface area contributed by atoms with Crippen molar-refractivity contribution in [1.29, 1.82) is 0 Å². The van der Waals surface area contributed by atoms with Gasteiger partial charge in [0, 0.05) is 10.9 Å². The third kappa shape index (κ3) is 1.50. The summed E-state index contributed by atoms with van der Waals surface area (Å²) in [6.07, 6.45) is 0.522. The Bertz CT molecular complexity index is 983. The fraction of sp³-hybridized carbons (Fsp3) is 0. The Kier molecular flexibility index (Phi) is 2.50. The maximum absolute atomic E-state index is 12.6. The number of aliphatic imine (C=N–C) groups is 1. The van der Waals surface area contributed by atoms with E-state index < -0.39 is 0 Å². The van der Waals surface area contributed by atoms with Crippen molar-refractivity contribution in [3.63, 3.8) is 0 Å². The van der Waals surface area contributed by atoms with Crippen molar-refractivity contribution in [2.24, 2.45) is 4.99 Å². The van der Waals surface area contributed by atoms with Crippen LogP contribution in [-0.4, -0.2) is 27.6 Å². The van der Waals surface area contributed by atoms with Crippen molar-refractivity contribution in [1.82, 2.24) is 4.57 Å². The summed E-state index contributed by atoms with van der Waals surface area (Å²) in [5.74, 6) is -0.518. The maximum Gasteiger partial charge on any atom is 0.221 e. The quantitative estimate of drug-likeness (QED) is 0.738. The second-order valence-corrected chi connectivity index (χ2v) is 5.00. The number of Topliss-reactive ketones (excluding diaryl/α,β-unsaturated/α-hetero) is 1. The number of nitrogens with zero attached hydrogens (tertiary/aromatic N) is 2. The summed E-state index contributed by atoms with van der Waals surface area (Å²) >= 11 is 0. The minimum absolute atomic E-state index is 0.162. The monoisotopic (exact) mass is 290 g/mol. The van der Waals surface area contributed by atoms with Gasteiger partial charge in [0.25, 0.3) is 0 Å². The lowest BCUT2D eigenvalue weighted by Crippen LogP contribution is -2.11. The second kappa shape index (κ2) is 4.39. The van der Waals surface area contributed by atoms with Crippen molar-refractivity contribution in [2.75, 3.05) is 0 Å². The number of aromatic nitrogens is 1. The van der Waals surface area contributed by atoms with E-state index in [9.17, 15) is 14.7 Å². The van der Waals surface area contributed by atoms with Gasteiger partial charge in [0.1, 0.15) is 5.71 Å². The molecule has 1 aliphatic rings. The van der Waals surface area contributed by atoms with Gasteiger partial charge < -0.3 is 5.11 Å². The fourth-order valence-corrected chi connectivity index (χ4v) is 2.82. The molecule has 0 unspecified atom stereocenters. The third-order valence-corrected chi connectivity index (χ3v) is 3.82. The molecular weight excluding hydrogens is 280 g/mol. The molecule has 0 spiro atoms. The SMILES string of the molecule is O=Cn1c(O)c(C2=Nc3ccccc3C2=O)c2ccccc21. The molecule has 0 saturated carbocycles. The number of hydrogen-bond acceptors (Lipinski definition) is 4. The average molecular weight is 290 g/mol. The van der Waals surface area contributed by atoms with E-state index in [4.69, 9.17) is 0 Å². The van der Waals surface area contributed by atoms with E-state index in [0.717, 1.165) is 4.57 Å². The normalized spacial score (nSPS) is 13.3. The maximum atomic E-state index is 12.6. The molecule has 5 heteroatoms. The molecule has 2 heterocycles. The smallest absolute Gasteiger partial charge is 0.221 e. The molecule has 0 radical (unpaired) electrons. The highest BCUT2D eigenvalue weighted by Gasteiger charge is 2.31. The lowest BCUT2D eigenvalue weighted by atomic mass is 10.0. The van der Waals surface area contributed by atoms with Gasteiger partial charge in [0.2, 0.25) is 18.1 Å². The van der Waals surface area contributed by atoms with Gasteiger partial charge in [-0.1, -0.05) is 30.3 Å². The average Bonchev–Trinajstić information content (AvgIpc) is 3.01. The van der Waals surface area contributed by atoms with Gasteiger partial charge >= 0.3 is 0 Å². The van der Waals surface area contributed by atoms with Crippen molar-refractivity contribution in [2.45, 2.75) is 0 Å². The molecule has 1 N–H and O–H groups in total. The molecule has 0 atom stereocenters. The number of hydrogen-bond donors (Lipinski definition) is 1. The number of rotatable bonds is 2. The highest BCUT2D eigenvalue weighted by molar-refractivity contribution is 6.56. The van der Waals surface area contributed by atoms with Gasteiger partial charge in [0.05, 0.1) is 16.8 Å². The molecule has 0 saturated heterocycles. The molecule has 2 aromatic carbocycles. The number of carbonyl (C=O) groups is 2. The van der Waals surface area contributed by atoms with Gasteiger partial charge in [-0.3, -0.25) is 14.2 Å². The van der Waals surface area contributed by atoms with Crippen LogP contribution in [0.3, 0.4) is 0 Å². The molecule has 0 aliphatic carbocycles. The summed E-state index contributed by atoms with van der Waals surface area (Å²) in [5, 5.41) is 11.0. The standard InChI is InChI=1S/C17H10N2O3/c20-9-19-13-8-4-2-6-11(13)14(17(19)22)15-16(21)10-5-1-3-7-12(10)18-15/h1-9,22H. The van der Waals surface area contributed by atoms with E-state index in [1.807, 2.05) is 0 Å². The number of carbonyl (C=O) groups excluding carboxylic acids is 2. The third-order valence-electron chi connectivity index (χ3n) is 3.82. The molecule has 3 aromatic rings. The van der Waals surface area contributed by atoms with E-state index >= 15 is 0 Å². The summed E-state index contributed by atoms with van der Waals surface area (Å²) in [6.45, 7) is 0. The summed E-state index contributed by atoms with van der Waals surface area (Å²) in [4.78, 5) is 28.1. The minimum Gasteiger partial charge on any atom is -0.494 e. The van der Waals surface area contributed by atoms with Crippen LogP contribution in [0.15, 0.2) is 53.5 Å². The number of ketones is 1. The first kappa shape index (κ1) is 12.5. The predicted molar refractivity (Wildman–Crippen MR) is 82.7 cm³/mol. The molecule has 5 nitrogen and oxygen atoms in total. The Morgan fingerprint density at radius 1 is 1.05 bits per heavy atom. The van der Waals surface area contributed by atoms with Crippen LogP contribution in [0.2, 0.25) is 0 Å². The molecule has 0 bridgehead atoms. The summed E-state index contributed by atoms with van der Waals surface area (Å²) in [6, 6.07) is 14.0. The topological polar surface area (TPSA) is 71.7 Å². The second-order valence-electron chi connectivity index (χ2n) is 5.00. The Labute approximate surface area is 125 Å². The Morgan fingerprint density at radius 2 is 1.77 bits per heavy atom. The largest absolute Gasteiger partial charge is 0.494 e. The van der Waals surface area contributed by atoms with Crippen molar-refractivity contribution < 1.29 is 14.7 Å². The fourth-order valence-electron chi connectivity index (χ4n) is 2.82. The lowest BCUT2D eigenvalue weighted by molar-refractivity contribution is 0.107. The molecule has 4 rings (SSSR count). The van der Waals surface area contributed by atoms with Crippen molar-refractivity contribution in [3.8, 4) is 5.88 Å². The zero-order valence-corrected chi connectivity index (χ0v) is 11.4. The van der Waals surface area contributed by atoms with Crippen LogP contribution >= 0.6 is 0 Å². The first-order valence-electron chi connectivity index (χ1n) is 6.72. The van der Waals surface area contributed by atoms with Gasteiger partial charge in [-0.2, -0.15) is 0 Å². The molecule has 1 aliphatic heterocycles. The van der Waals surface area contributed by atoms with Crippen LogP contribution in [0.1, 0.15) is 15.9 Å². The van der Waals surface area contributed by atoms with Gasteiger partial charge in [0.15, 0.2) is 0 Å². The number of aromatic hydroxyl groups is 1. The van der Waals surface area contributed by atoms with Crippen LogP contribution in [0.5, 0.6) is 5.88 Å². The van der Waals surface area contributed by atoms with Crippen LogP contribution < -0.4 is 0 Å². The first-order chi connectivity index (χ1) is 10.7. The number of para-hydroxylation sites is 2. The summed E-state index contributed by atoms with van der Waals surface area (Å²) < 4.78 is 1.11. The van der Waals surface area contributed by atoms with E-state index in [-0.39, 0.29) is 17.4 Å². The molecular formula is C17H10N2O3. The minimum atomic E-state index is -0.267. The zero-order valence-electron chi connectivity index (χ0n) is 11.4. The number of benzene rings is 2. The van der Waals surface area contributed by atoms with Crippen molar-refractivity contribution >= 4 is 34.5 Å². The van der Waals surface area contributed by atoms with Crippen LogP contribution in [0, 0.1) is 0 Å². The van der Waals surface area contributed by atoms with Gasteiger partial charge in [-0.25, -0.2) is 4.99 Å². The lowest BCUT2D eigenvalue weighted by Gasteiger charge is -1.99. The molecule has 0 fully saturated rings. The van der Waals surface area contributed by atoms with Gasteiger partial charge in [-0.15, -0.1) is 0 Å². The van der Waals surface area contributed by atoms with E-state index in [0.29, 0.717) is 34.1 Å². The van der Waals surface area contributed by atoms with Crippen LogP contribution in [0.25, 0.3) is 10.9 Å². The Balaban J connectivity index is 2.03. The molecule has 106 valence electrons. The van der Waals surface area contributed by atoms with E-state index in [1.165, 1.54) is 0 Å². The van der Waals surface area contributed by atoms with Gasteiger partial charge in [-0.05, 0) is 18.2 Å². The summed E-state index contributed by atoms with van der Waals surface area (Å²) in [7, 11) is 0. The predicted octanol–water partition coefficient (Wildman–Crippen LogP) is 2.70. The molecule has 22 heavy (non-hydrogen) atoms. The Hall–Kier alpha value is -3.21. The van der Waals surface area contributed by atoms with Crippen molar-refractivity contribution in [3.05, 3.63) is 59.7 Å². The molecule has 1 aromatic heterocycles. The molecule has 0 amide bonds. The van der Waals surface area contributed by atoms with E-state index in [2.05, 4.69) is 4.99 Å². The number of fused-ring (bicyclic) bond motifs is 2. The van der Waals surface area contributed by atoms with E-state index in [1.54, 1.807) is 48.5 Å². The highest BCUT2D eigenvalue weighted by atomic mass is 16.3. The zero-order chi connectivity index (χ0) is 15.3. The summed E-state index contributed by atoms with van der Waals surface area (Å²) in [5.41, 5.74) is 2.07.